The van der Waals surface area contributed by atoms with Gasteiger partial charge < -0.3 is 19.7 Å². The van der Waals surface area contributed by atoms with Crippen LogP contribution in [-0.4, -0.2) is 34.3 Å². The number of benzene rings is 1. The van der Waals surface area contributed by atoms with Crippen molar-refractivity contribution in [3.63, 3.8) is 0 Å². The molecule has 1 aliphatic rings. The molecule has 4 rings (SSSR count). The molecule has 162 valence electrons. The van der Waals surface area contributed by atoms with Gasteiger partial charge in [-0.25, -0.2) is 13.8 Å². The number of aromatic nitrogens is 2. The highest BCUT2D eigenvalue weighted by atomic mass is 35.5. The largest absolute Gasteiger partial charge is 0.481 e. The second-order valence-corrected chi connectivity index (χ2v) is 7.54. The van der Waals surface area contributed by atoms with Gasteiger partial charge in [-0.15, -0.1) is 0 Å². The van der Waals surface area contributed by atoms with Crippen molar-refractivity contribution in [1.82, 2.24) is 15.5 Å². The summed E-state index contributed by atoms with van der Waals surface area (Å²) in [6.07, 6.45) is 2.31. The first-order chi connectivity index (χ1) is 14.9. The van der Waals surface area contributed by atoms with E-state index in [1.807, 2.05) is 0 Å². The molecule has 3 aromatic rings. The number of ether oxygens (including phenoxy) is 1. The Kier molecular flexibility index (Phi) is 6.15. The number of hydrogen-bond donors (Lipinski definition) is 2. The number of nitrogens with one attached hydrogen (secondary N) is 1. The Morgan fingerprint density at radius 1 is 1.29 bits per heavy atom. The smallest absolute Gasteiger partial charge is 0.308 e. The van der Waals surface area contributed by atoms with E-state index < -0.39 is 23.5 Å². The lowest BCUT2D eigenvalue weighted by atomic mass is 9.82. The first-order valence-corrected chi connectivity index (χ1v) is 9.93. The maximum atomic E-state index is 14.0. The zero-order chi connectivity index (χ0) is 22.0. The minimum Gasteiger partial charge on any atom is -0.481 e. The molecular formula is C21H18ClF2N3O4. The highest BCUT2D eigenvalue weighted by Crippen LogP contribution is 2.33. The van der Waals surface area contributed by atoms with Crippen LogP contribution in [0.2, 0.25) is 5.02 Å². The van der Waals surface area contributed by atoms with Crippen molar-refractivity contribution < 1.29 is 27.9 Å². The Morgan fingerprint density at radius 2 is 2.10 bits per heavy atom. The van der Waals surface area contributed by atoms with Crippen LogP contribution in [0.4, 0.5) is 8.78 Å². The lowest BCUT2D eigenvalue weighted by Crippen LogP contribution is -2.39. The molecule has 2 aromatic heterocycles. The molecule has 0 spiro atoms. The van der Waals surface area contributed by atoms with Crippen LogP contribution in [-0.2, 0) is 11.4 Å². The number of nitrogens with zero attached hydrogens (tertiary/aromatic N) is 2. The minimum absolute atomic E-state index is 0.0427. The van der Waals surface area contributed by atoms with Gasteiger partial charge in [-0.1, -0.05) is 22.8 Å². The molecule has 1 aliphatic heterocycles. The van der Waals surface area contributed by atoms with E-state index in [1.54, 1.807) is 18.3 Å². The third-order valence-electron chi connectivity index (χ3n) is 5.21. The fraction of sp³-hybridized carbons (Fsp3) is 0.286. The van der Waals surface area contributed by atoms with Crippen molar-refractivity contribution in [2.45, 2.75) is 18.9 Å². The molecule has 2 atom stereocenters. The van der Waals surface area contributed by atoms with Crippen LogP contribution in [0.1, 0.15) is 23.7 Å². The number of pyridine rings is 1. The van der Waals surface area contributed by atoms with Gasteiger partial charge in [0.05, 0.1) is 16.5 Å². The summed E-state index contributed by atoms with van der Waals surface area (Å²) in [6, 6.07) is 6.75. The molecule has 1 saturated heterocycles. The van der Waals surface area contributed by atoms with Crippen LogP contribution in [0, 0.1) is 17.6 Å². The summed E-state index contributed by atoms with van der Waals surface area (Å²) in [7, 11) is 0. The molecule has 0 saturated carbocycles. The molecule has 0 unspecified atom stereocenters. The van der Waals surface area contributed by atoms with Gasteiger partial charge in [0.15, 0.2) is 12.4 Å². The van der Waals surface area contributed by atoms with E-state index in [4.69, 9.17) is 20.9 Å². The van der Waals surface area contributed by atoms with E-state index in [1.165, 1.54) is 6.07 Å². The summed E-state index contributed by atoms with van der Waals surface area (Å²) in [4.78, 5) is 15.7. The number of carbonyl (C=O) groups is 1. The normalized spacial score (nSPS) is 18.7. The summed E-state index contributed by atoms with van der Waals surface area (Å²) in [5.74, 6) is -2.38. The molecule has 31 heavy (non-hydrogen) atoms. The summed E-state index contributed by atoms with van der Waals surface area (Å²) < 4.78 is 38.4. The van der Waals surface area contributed by atoms with Gasteiger partial charge in [0.2, 0.25) is 5.88 Å². The monoisotopic (exact) mass is 449 g/mol. The molecule has 1 fully saturated rings. The van der Waals surface area contributed by atoms with Gasteiger partial charge in [0, 0.05) is 30.8 Å². The second kappa shape index (κ2) is 8.99. The molecule has 1 aromatic carbocycles. The van der Waals surface area contributed by atoms with E-state index in [2.05, 4.69) is 15.5 Å². The first kappa shape index (κ1) is 21.2. The van der Waals surface area contributed by atoms with Crippen LogP contribution in [0.25, 0.3) is 11.3 Å². The van der Waals surface area contributed by atoms with E-state index in [0.29, 0.717) is 18.8 Å². The predicted octanol–water partition coefficient (Wildman–Crippen LogP) is 4.02. The maximum absolute atomic E-state index is 14.0. The zero-order valence-corrected chi connectivity index (χ0v) is 16.9. The predicted molar refractivity (Wildman–Crippen MR) is 107 cm³/mol. The van der Waals surface area contributed by atoms with E-state index >= 15 is 0 Å². The van der Waals surface area contributed by atoms with Gasteiger partial charge in [-0.2, -0.15) is 0 Å². The molecule has 0 amide bonds. The molecule has 0 bridgehead atoms. The summed E-state index contributed by atoms with van der Waals surface area (Å²) in [5, 5.41) is 15.9. The number of aliphatic carboxylic acids is 1. The van der Waals surface area contributed by atoms with E-state index in [-0.39, 0.29) is 34.6 Å². The standard InChI is InChI=1S/C21H18ClF2N3O4/c22-20-16(24)3-2-15(23)19(20)17-7-12(31-27-17)10-30-18-4-1-11(8-26-18)13-5-6-25-9-14(13)21(28)29/h1-4,7-8,13-14,25H,5-6,9-10H2,(H,28,29)/t13-,14+/m1/s1. The number of piperidine rings is 1. The fourth-order valence-electron chi connectivity index (χ4n) is 3.62. The molecule has 0 radical (unpaired) electrons. The van der Waals surface area contributed by atoms with Gasteiger partial charge >= 0.3 is 5.97 Å². The van der Waals surface area contributed by atoms with Crippen LogP contribution in [0.3, 0.4) is 0 Å². The number of rotatable bonds is 6. The van der Waals surface area contributed by atoms with E-state index in [0.717, 1.165) is 24.2 Å². The zero-order valence-electron chi connectivity index (χ0n) is 16.1. The number of carboxylic acid groups (broad SMARTS) is 1. The topological polar surface area (TPSA) is 97.5 Å². The van der Waals surface area contributed by atoms with Crippen molar-refractivity contribution in [2.24, 2.45) is 5.92 Å². The summed E-state index contributed by atoms with van der Waals surface area (Å²) >= 11 is 5.85. The highest BCUT2D eigenvalue weighted by molar-refractivity contribution is 6.33. The van der Waals surface area contributed by atoms with Gasteiger partial charge in [-0.3, -0.25) is 4.79 Å². The maximum Gasteiger partial charge on any atom is 0.308 e. The van der Waals surface area contributed by atoms with Crippen LogP contribution < -0.4 is 10.1 Å². The number of halogens is 3. The molecule has 0 aliphatic carbocycles. The third-order valence-corrected chi connectivity index (χ3v) is 5.58. The lowest BCUT2D eigenvalue weighted by Gasteiger charge is -2.29. The van der Waals surface area contributed by atoms with E-state index in [9.17, 15) is 18.7 Å². The third kappa shape index (κ3) is 4.52. The van der Waals surface area contributed by atoms with Crippen molar-refractivity contribution in [1.29, 1.82) is 0 Å². The van der Waals surface area contributed by atoms with Crippen LogP contribution >= 0.6 is 11.6 Å². The van der Waals surface area contributed by atoms with Crippen molar-refractivity contribution >= 4 is 17.6 Å². The lowest BCUT2D eigenvalue weighted by molar-refractivity contribution is -0.142. The van der Waals surface area contributed by atoms with Gasteiger partial charge in [0.1, 0.15) is 17.3 Å². The Morgan fingerprint density at radius 3 is 2.84 bits per heavy atom. The second-order valence-electron chi connectivity index (χ2n) is 7.16. The molecule has 7 nitrogen and oxygen atoms in total. The van der Waals surface area contributed by atoms with Crippen molar-refractivity contribution in [3.05, 3.63) is 64.5 Å². The number of carboxylic acids is 1. The average molecular weight is 450 g/mol. The Labute approximate surface area is 181 Å². The Hall–Kier alpha value is -3.04. The molecular weight excluding hydrogens is 432 g/mol. The van der Waals surface area contributed by atoms with Gasteiger partial charge in [0.25, 0.3) is 0 Å². The summed E-state index contributed by atoms with van der Waals surface area (Å²) in [5.41, 5.74) is 0.697. The quantitative estimate of drug-likeness (QED) is 0.548. The fourth-order valence-corrected chi connectivity index (χ4v) is 3.87. The Bertz CT molecular complexity index is 1090. The molecule has 10 heteroatoms. The van der Waals surface area contributed by atoms with Crippen molar-refractivity contribution in [2.75, 3.05) is 13.1 Å². The summed E-state index contributed by atoms with van der Waals surface area (Å²) in [6.45, 7) is 1.12. The van der Waals surface area contributed by atoms with Crippen molar-refractivity contribution in [3.8, 4) is 17.1 Å². The number of hydrogen-bond acceptors (Lipinski definition) is 6. The van der Waals surface area contributed by atoms with Crippen LogP contribution in [0.5, 0.6) is 5.88 Å². The average Bonchev–Trinajstić information content (AvgIpc) is 3.24. The SMILES string of the molecule is O=C(O)[C@H]1CNCC[C@@H]1c1ccc(OCc2cc(-c3c(F)ccc(F)c3Cl)no2)nc1. The molecule has 2 N–H and O–H groups in total. The van der Waals surface area contributed by atoms with Gasteiger partial charge in [-0.05, 0) is 30.7 Å². The minimum atomic E-state index is -0.839. The highest BCUT2D eigenvalue weighted by Gasteiger charge is 2.32. The molecule has 3 heterocycles. The first-order valence-electron chi connectivity index (χ1n) is 9.55. The van der Waals surface area contributed by atoms with Crippen LogP contribution in [0.15, 0.2) is 41.1 Å². The Balaban J connectivity index is 1.43.